The number of likely N-dealkylation sites (tertiary alicyclic amines) is 1. The topological polar surface area (TPSA) is 218 Å². The van der Waals surface area contributed by atoms with Crippen molar-refractivity contribution in [2.24, 2.45) is 11.3 Å². The van der Waals surface area contributed by atoms with E-state index in [1.165, 1.54) is 31.5 Å². The summed E-state index contributed by atoms with van der Waals surface area (Å²) in [7, 11) is 2.79. The van der Waals surface area contributed by atoms with E-state index in [1.54, 1.807) is 56.3 Å². The molecule has 4 heterocycles. The molecule has 17 nitrogen and oxygen atoms in total. The van der Waals surface area contributed by atoms with Gasteiger partial charge in [-0.15, -0.1) is 13.2 Å². The van der Waals surface area contributed by atoms with E-state index in [0.29, 0.717) is 67.5 Å². The number of carbonyl (C=O) groups excluding carboxylic acids is 4. The van der Waals surface area contributed by atoms with Crippen molar-refractivity contribution < 1.29 is 56.4 Å². The number of aliphatic hydroxyl groups excluding tert-OH is 1. The summed E-state index contributed by atoms with van der Waals surface area (Å²) in [5.41, 5.74) is 0.522. The molecule has 2 aliphatic rings. The van der Waals surface area contributed by atoms with Gasteiger partial charge in [0.05, 0.1) is 59.4 Å². The summed E-state index contributed by atoms with van der Waals surface area (Å²) in [6.45, 7) is 4.65. The number of alkyl carbamates (subject to hydrolysis) is 1. The van der Waals surface area contributed by atoms with Crippen molar-refractivity contribution in [1.82, 2.24) is 30.5 Å². The molecule has 2 saturated heterocycles. The Morgan fingerprint density at radius 3 is 2.36 bits per heavy atom. The minimum atomic E-state index is -5.09. The lowest BCUT2D eigenvalue weighted by atomic mass is 9.90. The number of pyridine rings is 1. The minimum Gasteiger partial charge on any atom is -0.453 e. The lowest BCUT2D eigenvalue weighted by molar-refractivity contribution is -0.274. The first-order valence-electron chi connectivity index (χ1n) is 20.4. The number of hydrogen-bond acceptors (Lipinski definition) is 12. The van der Waals surface area contributed by atoms with E-state index in [0.717, 1.165) is 6.07 Å². The molecule has 6 N–H and O–H groups in total. The third kappa shape index (κ3) is 11.8. The Balaban J connectivity index is 1.15. The molecule has 3 atom stereocenters. The zero-order chi connectivity index (χ0) is 46.2. The van der Waals surface area contributed by atoms with Crippen LogP contribution in [-0.4, -0.2) is 121 Å². The van der Waals surface area contributed by atoms with Gasteiger partial charge >= 0.3 is 12.5 Å². The number of imidazole rings is 1. The lowest BCUT2D eigenvalue weighted by Gasteiger charge is -2.34. The number of nitrogens with one attached hydrogen (secondary N) is 5. The quantitative estimate of drug-likeness (QED) is 0.0722. The Hall–Kier alpha value is -5.96. The average molecular weight is 915 g/mol. The van der Waals surface area contributed by atoms with Gasteiger partial charge in [0.25, 0.3) is 5.91 Å². The smallest absolute Gasteiger partial charge is 0.453 e. The molecule has 6 rings (SSSR count). The van der Waals surface area contributed by atoms with Crippen LogP contribution in [0.15, 0.2) is 60.9 Å². The molecule has 4 amide bonds. The van der Waals surface area contributed by atoms with Gasteiger partial charge in [0.15, 0.2) is 0 Å². The zero-order valence-corrected chi connectivity index (χ0v) is 36.3. The van der Waals surface area contributed by atoms with E-state index in [4.69, 9.17) is 25.8 Å². The number of aromatic nitrogens is 3. The Morgan fingerprint density at radius 1 is 1.00 bits per heavy atom. The summed E-state index contributed by atoms with van der Waals surface area (Å²) in [5.74, 6) is -1.23. The summed E-state index contributed by atoms with van der Waals surface area (Å²) in [5, 5.41) is 20.2. The fraction of sp³-hybridized carbons (Fsp3) is 0.442. The molecule has 2 fully saturated rings. The van der Waals surface area contributed by atoms with Gasteiger partial charge < -0.3 is 55.2 Å². The number of anilines is 2. The van der Waals surface area contributed by atoms with Crippen LogP contribution >= 0.6 is 11.6 Å². The SMILES string of the molecule is COC(=O)N[C@H](C(=O)N1C[C@@H](OC)C[C@H]1c1ncc(-c2ccc(-c3cc(Cl)c(NC(=O)c4ccc(NCCNC(=O)C(C)(C)CO)nc4)cc3OC(F)(F)F)cc2)[nH]1)C1CCOCC1. The molecule has 0 bridgehead atoms. The van der Waals surface area contributed by atoms with Crippen molar-refractivity contribution in [2.75, 3.05) is 64.3 Å². The van der Waals surface area contributed by atoms with Crippen LogP contribution in [0.25, 0.3) is 22.4 Å². The van der Waals surface area contributed by atoms with Crippen molar-refractivity contribution in [2.45, 2.75) is 57.7 Å². The van der Waals surface area contributed by atoms with E-state index >= 15 is 0 Å². The van der Waals surface area contributed by atoms with Gasteiger partial charge in [-0.1, -0.05) is 35.9 Å². The van der Waals surface area contributed by atoms with E-state index in [2.05, 4.69) is 41.0 Å². The molecule has 344 valence electrons. The number of hydrogen-bond donors (Lipinski definition) is 6. The van der Waals surface area contributed by atoms with Crippen LogP contribution in [0.3, 0.4) is 0 Å². The second-order valence-corrected chi connectivity index (χ2v) is 16.3. The number of halogens is 4. The first-order chi connectivity index (χ1) is 30.5. The fourth-order valence-electron chi connectivity index (χ4n) is 7.34. The van der Waals surface area contributed by atoms with Crippen LogP contribution in [0.1, 0.15) is 55.3 Å². The van der Waals surface area contributed by atoms with Gasteiger partial charge in [-0.05, 0) is 61.9 Å². The van der Waals surface area contributed by atoms with Crippen molar-refractivity contribution in [3.63, 3.8) is 0 Å². The molecular formula is C43H50ClF3N8O9. The van der Waals surface area contributed by atoms with Crippen molar-refractivity contribution in [3.05, 3.63) is 77.3 Å². The molecule has 0 radical (unpaired) electrons. The van der Waals surface area contributed by atoms with Crippen molar-refractivity contribution in [3.8, 4) is 28.1 Å². The predicted molar refractivity (Wildman–Crippen MR) is 228 cm³/mol. The number of benzene rings is 2. The van der Waals surface area contributed by atoms with E-state index in [-0.39, 0.29) is 65.4 Å². The molecular weight excluding hydrogens is 865 g/mol. The molecule has 2 aliphatic heterocycles. The average Bonchev–Trinajstić information content (AvgIpc) is 3.96. The molecule has 0 saturated carbocycles. The number of aromatic amines is 1. The maximum absolute atomic E-state index is 14.1. The van der Waals surface area contributed by atoms with Crippen LogP contribution in [0.5, 0.6) is 5.75 Å². The second-order valence-electron chi connectivity index (χ2n) is 15.9. The largest absolute Gasteiger partial charge is 0.573 e. The zero-order valence-electron chi connectivity index (χ0n) is 35.5. The Kier molecular flexibility index (Phi) is 15.4. The van der Waals surface area contributed by atoms with Gasteiger partial charge in [0, 0.05) is 64.2 Å². The van der Waals surface area contributed by atoms with Crippen LogP contribution in [0.2, 0.25) is 5.02 Å². The summed E-state index contributed by atoms with van der Waals surface area (Å²) in [6, 6.07) is 10.3. The molecule has 64 heavy (non-hydrogen) atoms. The van der Waals surface area contributed by atoms with Crippen LogP contribution in [-0.2, 0) is 23.8 Å². The first-order valence-corrected chi connectivity index (χ1v) is 20.8. The van der Waals surface area contributed by atoms with Crippen molar-refractivity contribution in [1.29, 1.82) is 0 Å². The molecule has 4 aromatic rings. The third-order valence-electron chi connectivity index (χ3n) is 11.1. The maximum atomic E-state index is 14.1. The Bertz CT molecular complexity index is 2270. The number of ether oxygens (including phenoxy) is 4. The highest BCUT2D eigenvalue weighted by atomic mass is 35.5. The summed E-state index contributed by atoms with van der Waals surface area (Å²) in [4.78, 5) is 65.5. The van der Waals surface area contributed by atoms with Gasteiger partial charge in [-0.3, -0.25) is 14.4 Å². The number of alkyl halides is 3. The summed E-state index contributed by atoms with van der Waals surface area (Å²) in [6.07, 6.45) is -1.66. The lowest BCUT2D eigenvalue weighted by Crippen LogP contribution is -2.53. The van der Waals surface area contributed by atoms with E-state index < -0.39 is 41.6 Å². The Labute approximate surface area is 371 Å². The van der Waals surface area contributed by atoms with Crippen LogP contribution < -0.4 is 26.0 Å². The predicted octanol–water partition coefficient (Wildman–Crippen LogP) is 5.93. The molecule has 2 aromatic carbocycles. The van der Waals surface area contributed by atoms with Gasteiger partial charge in [0.2, 0.25) is 11.8 Å². The molecule has 0 spiro atoms. The van der Waals surface area contributed by atoms with Crippen LogP contribution in [0.4, 0.5) is 29.5 Å². The van der Waals surface area contributed by atoms with Crippen LogP contribution in [0, 0.1) is 11.3 Å². The number of carbonyl (C=O) groups is 4. The summed E-state index contributed by atoms with van der Waals surface area (Å²) >= 11 is 6.55. The first kappa shape index (κ1) is 47.5. The third-order valence-corrected chi connectivity index (χ3v) is 11.4. The maximum Gasteiger partial charge on any atom is 0.573 e. The fourth-order valence-corrected chi connectivity index (χ4v) is 7.55. The summed E-state index contributed by atoms with van der Waals surface area (Å²) < 4.78 is 61.6. The van der Waals surface area contributed by atoms with Gasteiger partial charge in [-0.2, -0.15) is 0 Å². The number of H-pyrrole nitrogens is 1. The number of aliphatic hydroxyl groups is 1. The van der Waals surface area contributed by atoms with Gasteiger partial charge in [-0.25, -0.2) is 14.8 Å². The number of rotatable bonds is 16. The monoisotopic (exact) mass is 914 g/mol. The highest BCUT2D eigenvalue weighted by molar-refractivity contribution is 6.34. The molecule has 0 unspecified atom stereocenters. The highest BCUT2D eigenvalue weighted by Gasteiger charge is 2.43. The van der Waals surface area contributed by atoms with Crippen molar-refractivity contribution >= 4 is 46.9 Å². The second kappa shape index (κ2) is 20.7. The number of nitrogens with zero attached hydrogens (tertiary/aromatic N) is 3. The standard InChI is InChI=1S/C43H50ClF3N8O9/c1-42(2,23-56)40(59)49-14-13-48-35-10-9-27(20-50-35)38(57)53-31-19-34(64-43(45,46)47)29(18-30(31)44)24-5-7-25(8-6-24)32-21-51-37(52-32)33-17-28(61-3)22-55(33)39(58)36(54-41(60)62-4)26-11-15-63-16-12-26/h5-10,18-21,26,28,33,36,56H,11-17,22-23H2,1-4H3,(H,48,50)(H,49,59)(H,51,52)(H,53,57)(H,54,60)/t28-,33-,36-/m0/s1. The van der Waals surface area contributed by atoms with E-state index in [9.17, 15) is 37.5 Å². The molecule has 2 aromatic heterocycles. The minimum absolute atomic E-state index is 0.00394. The van der Waals surface area contributed by atoms with Gasteiger partial charge in [0.1, 0.15) is 23.4 Å². The Morgan fingerprint density at radius 2 is 1.72 bits per heavy atom. The van der Waals surface area contributed by atoms with E-state index in [1.807, 2.05) is 0 Å². The molecule has 0 aliphatic carbocycles. The number of amides is 4. The highest BCUT2D eigenvalue weighted by Crippen LogP contribution is 2.41. The molecule has 21 heteroatoms. The number of methoxy groups -OCH3 is 2. The normalized spacial score (nSPS) is 17.4.